The molecule has 0 atom stereocenters. The molecule has 128 valence electrons. The summed E-state index contributed by atoms with van der Waals surface area (Å²) in [7, 11) is 1.58. The van der Waals surface area contributed by atoms with Crippen LogP contribution in [0.15, 0.2) is 48.9 Å². The molecule has 2 amide bonds. The molecule has 0 unspecified atom stereocenters. The first-order valence-electron chi connectivity index (χ1n) is 7.08. The van der Waals surface area contributed by atoms with Crippen LogP contribution in [0.1, 0.15) is 16.1 Å². The van der Waals surface area contributed by atoms with Crippen LogP contribution in [-0.2, 0) is 4.79 Å². The minimum atomic E-state index is -0.529. The lowest BCUT2D eigenvalue weighted by atomic mass is 10.2. The Morgan fingerprint density at radius 1 is 1.16 bits per heavy atom. The summed E-state index contributed by atoms with van der Waals surface area (Å²) in [5.41, 5.74) is 5.65. The van der Waals surface area contributed by atoms with Gasteiger partial charge in [-0.15, -0.1) is 0 Å². The average Bonchev–Trinajstić information content (AvgIpc) is 2.65. The summed E-state index contributed by atoms with van der Waals surface area (Å²) in [6, 6.07) is 7.18. The number of ether oxygens (including phenoxy) is 1. The van der Waals surface area contributed by atoms with E-state index >= 15 is 0 Å². The Kier molecular flexibility index (Phi) is 6.55. The second-order valence-electron chi connectivity index (χ2n) is 4.59. The van der Waals surface area contributed by atoms with Crippen molar-refractivity contribution < 1.29 is 14.3 Å². The van der Waals surface area contributed by atoms with Gasteiger partial charge < -0.3 is 4.74 Å². The van der Waals surface area contributed by atoms with Gasteiger partial charge >= 0.3 is 0 Å². The number of carbonyl (C=O) groups excluding carboxylic acids is 2. The van der Waals surface area contributed by atoms with Gasteiger partial charge in [-0.3, -0.25) is 30.7 Å². The smallest absolute Gasteiger partial charge is 0.289 e. The maximum atomic E-state index is 11.8. The Morgan fingerprint density at radius 3 is 2.56 bits per heavy atom. The number of amides is 2. The molecule has 2 rings (SSSR count). The molecule has 0 aliphatic rings. The van der Waals surface area contributed by atoms with E-state index in [9.17, 15) is 9.59 Å². The van der Waals surface area contributed by atoms with Crippen LogP contribution in [0.5, 0.6) is 5.75 Å². The third-order valence-corrected chi connectivity index (χ3v) is 3.07. The van der Waals surface area contributed by atoms with Gasteiger partial charge in [0.15, 0.2) is 5.11 Å². The minimum Gasteiger partial charge on any atom is -0.497 e. The lowest BCUT2D eigenvalue weighted by Crippen LogP contribution is -2.48. The molecule has 8 nitrogen and oxygen atoms in total. The molecule has 0 fully saturated rings. The fraction of sp³-hybridized carbons (Fsp3) is 0.0625. The van der Waals surface area contributed by atoms with Crippen LogP contribution in [0, 0.1) is 0 Å². The van der Waals surface area contributed by atoms with E-state index in [0.29, 0.717) is 0 Å². The van der Waals surface area contributed by atoms with Gasteiger partial charge in [0.2, 0.25) is 5.91 Å². The van der Waals surface area contributed by atoms with Crippen LogP contribution in [0.25, 0.3) is 6.08 Å². The molecule has 0 aliphatic carbocycles. The van der Waals surface area contributed by atoms with Crippen LogP contribution in [-0.4, -0.2) is 34.0 Å². The molecule has 1 aromatic carbocycles. The first-order chi connectivity index (χ1) is 12.1. The fourth-order valence-corrected chi connectivity index (χ4v) is 1.82. The predicted octanol–water partition coefficient (Wildman–Crippen LogP) is 0.834. The summed E-state index contributed by atoms with van der Waals surface area (Å²) in [5.74, 6) is -0.244. The fourth-order valence-electron chi connectivity index (χ4n) is 1.67. The summed E-state index contributed by atoms with van der Waals surface area (Å²) in [4.78, 5) is 31.1. The highest BCUT2D eigenvalue weighted by molar-refractivity contribution is 7.80. The Labute approximate surface area is 149 Å². The number of hydrazine groups is 1. The van der Waals surface area contributed by atoms with Gasteiger partial charge in [-0.1, -0.05) is 12.1 Å². The van der Waals surface area contributed by atoms with Crippen LogP contribution in [0.4, 0.5) is 0 Å². The topological polar surface area (TPSA) is 105 Å². The van der Waals surface area contributed by atoms with Crippen molar-refractivity contribution in [1.29, 1.82) is 0 Å². The van der Waals surface area contributed by atoms with E-state index in [-0.39, 0.29) is 10.8 Å². The zero-order valence-corrected chi connectivity index (χ0v) is 14.0. The van der Waals surface area contributed by atoms with Crippen molar-refractivity contribution in [3.8, 4) is 5.75 Å². The highest BCUT2D eigenvalue weighted by atomic mass is 32.1. The third-order valence-electron chi connectivity index (χ3n) is 2.87. The molecule has 0 aliphatic heterocycles. The number of hydrogen-bond donors (Lipinski definition) is 3. The van der Waals surface area contributed by atoms with Gasteiger partial charge in [-0.25, -0.2) is 4.98 Å². The maximum absolute atomic E-state index is 11.8. The molecule has 25 heavy (non-hydrogen) atoms. The average molecular weight is 357 g/mol. The number of thiocarbonyl (C=S) groups is 1. The summed E-state index contributed by atoms with van der Waals surface area (Å²) in [6.45, 7) is 0. The van der Waals surface area contributed by atoms with Gasteiger partial charge in [0.05, 0.1) is 13.3 Å². The molecular formula is C16H15N5O3S. The highest BCUT2D eigenvalue weighted by Gasteiger charge is 2.07. The van der Waals surface area contributed by atoms with Gasteiger partial charge in [-0.05, 0) is 36.0 Å². The quantitative estimate of drug-likeness (QED) is 0.423. The highest BCUT2D eigenvalue weighted by Crippen LogP contribution is 2.12. The van der Waals surface area contributed by atoms with Crippen molar-refractivity contribution in [2.24, 2.45) is 0 Å². The van der Waals surface area contributed by atoms with Crippen molar-refractivity contribution in [2.75, 3.05) is 7.11 Å². The Hall–Kier alpha value is -3.33. The summed E-state index contributed by atoms with van der Waals surface area (Å²) < 4.78 is 5.05. The summed E-state index contributed by atoms with van der Waals surface area (Å²) in [6.07, 6.45) is 7.08. The molecular weight excluding hydrogens is 342 g/mol. The minimum absolute atomic E-state index is 0.0541. The van der Waals surface area contributed by atoms with Gasteiger partial charge in [0.25, 0.3) is 5.91 Å². The van der Waals surface area contributed by atoms with E-state index in [0.717, 1.165) is 11.3 Å². The Bertz CT molecular complexity index is 778. The van der Waals surface area contributed by atoms with E-state index in [1.54, 1.807) is 37.5 Å². The third kappa shape index (κ3) is 5.99. The van der Waals surface area contributed by atoms with Crippen LogP contribution in [0.2, 0.25) is 0 Å². The van der Waals surface area contributed by atoms with E-state index in [1.165, 1.54) is 24.7 Å². The second-order valence-corrected chi connectivity index (χ2v) is 5.00. The first-order valence-corrected chi connectivity index (χ1v) is 7.49. The van der Waals surface area contributed by atoms with Crippen molar-refractivity contribution >= 4 is 35.2 Å². The number of nitrogens with zero attached hydrogens (tertiary/aromatic N) is 2. The van der Waals surface area contributed by atoms with E-state index in [2.05, 4.69) is 26.1 Å². The molecule has 0 radical (unpaired) electrons. The number of hydrogen-bond acceptors (Lipinski definition) is 6. The number of aromatic nitrogens is 2. The zero-order chi connectivity index (χ0) is 18.1. The van der Waals surface area contributed by atoms with Gasteiger partial charge in [-0.2, -0.15) is 0 Å². The number of methoxy groups -OCH3 is 1. The standard InChI is InChI=1S/C16H15N5O3S/c1-24-12-5-2-11(3-6-12)4-7-14(22)19-16(25)21-20-15(23)13-10-17-8-9-18-13/h2-10H,1H3,(H,20,23)(H2,19,21,22,25)/b7-4+. The van der Waals surface area contributed by atoms with Crippen LogP contribution < -0.4 is 20.9 Å². The molecule has 1 aromatic heterocycles. The normalized spacial score (nSPS) is 10.1. The molecule has 0 saturated heterocycles. The molecule has 1 heterocycles. The number of nitrogens with one attached hydrogen (secondary N) is 3. The van der Waals surface area contributed by atoms with E-state index < -0.39 is 11.8 Å². The maximum Gasteiger partial charge on any atom is 0.289 e. The molecule has 2 aromatic rings. The molecule has 0 spiro atoms. The largest absolute Gasteiger partial charge is 0.497 e. The number of benzene rings is 1. The van der Waals surface area contributed by atoms with E-state index in [1.807, 2.05) is 0 Å². The van der Waals surface area contributed by atoms with E-state index in [4.69, 9.17) is 17.0 Å². The molecule has 3 N–H and O–H groups in total. The SMILES string of the molecule is COc1ccc(/C=C/C(=O)NC(=S)NNC(=O)c2cnccn2)cc1. The van der Waals surface area contributed by atoms with Crippen molar-refractivity contribution in [1.82, 2.24) is 26.1 Å². The van der Waals surface area contributed by atoms with Crippen molar-refractivity contribution in [2.45, 2.75) is 0 Å². The second kappa shape index (κ2) is 9.08. The van der Waals surface area contributed by atoms with Crippen LogP contribution >= 0.6 is 12.2 Å². The monoisotopic (exact) mass is 357 g/mol. The number of rotatable bonds is 4. The van der Waals surface area contributed by atoms with Gasteiger partial charge in [0.1, 0.15) is 11.4 Å². The molecule has 9 heteroatoms. The molecule has 0 bridgehead atoms. The molecule has 0 saturated carbocycles. The predicted molar refractivity (Wildman–Crippen MR) is 95.4 cm³/mol. The Balaban J connectivity index is 1.78. The summed E-state index contributed by atoms with van der Waals surface area (Å²) in [5, 5.41) is 2.34. The summed E-state index contributed by atoms with van der Waals surface area (Å²) >= 11 is 4.92. The number of carbonyl (C=O) groups is 2. The van der Waals surface area contributed by atoms with Crippen molar-refractivity contribution in [3.05, 3.63) is 60.2 Å². The zero-order valence-electron chi connectivity index (χ0n) is 13.2. The van der Waals surface area contributed by atoms with Crippen LogP contribution in [0.3, 0.4) is 0 Å². The Morgan fingerprint density at radius 2 is 1.92 bits per heavy atom. The lowest BCUT2D eigenvalue weighted by Gasteiger charge is -2.08. The van der Waals surface area contributed by atoms with Crippen molar-refractivity contribution in [3.63, 3.8) is 0 Å². The van der Waals surface area contributed by atoms with Gasteiger partial charge in [0, 0.05) is 18.5 Å². The lowest BCUT2D eigenvalue weighted by molar-refractivity contribution is -0.115. The first kappa shape index (κ1) is 18.0.